The Morgan fingerprint density at radius 2 is 0.667 bits per heavy atom. The highest BCUT2D eigenvalue weighted by Gasteiger charge is 2.14. The van der Waals surface area contributed by atoms with E-state index in [1.54, 1.807) is 0 Å². The molecule has 0 aliphatic carbocycles. The second-order valence-electron chi connectivity index (χ2n) is 11.7. The van der Waals surface area contributed by atoms with Crippen LogP contribution in [0.25, 0.3) is 88.0 Å². The van der Waals surface area contributed by atoms with Crippen molar-refractivity contribution >= 4 is 43.1 Å². The Hall–Kier alpha value is -5.92. The average molecular weight is 573 g/mol. The first kappa shape index (κ1) is 25.6. The van der Waals surface area contributed by atoms with Crippen LogP contribution in [0.4, 0.5) is 0 Å². The van der Waals surface area contributed by atoms with Crippen LogP contribution in [0, 0.1) is 0 Å². The first-order valence-corrected chi connectivity index (χ1v) is 15.4. The fraction of sp³-hybridized carbons (Fsp3) is 0. The van der Waals surface area contributed by atoms with Crippen LogP contribution >= 0.6 is 0 Å². The fourth-order valence-electron chi connectivity index (χ4n) is 6.93. The molecule has 0 fully saturated rings. The molecular formula is C44H28O. The third-order valence-corrected chi connectivity index (χ3v) is 9.04. The third kappa shape index (κ3) is 4.32. The van der Waals surface area contributed by atoms with Gasteiger partial charge in [0, 0.05) is 11.1 Å². The van der Waals surface area contributed by atoms with Gasteiger partial charge in [0.05, 0.1) is 0 Å². The van der Waals surface area contributed by atoms with Crippen molar-refractivity contribution in [1.29, 1.82) is 0 Å². The Morgan fingerprint density at radius 3 is 1.18 bits per heavy atom. The van der Waals surface area contributed by atoms with Crippen molar-refractivity contribution in [2.24, 2.45) is 0 Å². The molecule has 210 valence electrons. The van der Waals surface area contributed by atoms with E-state index in [0.717, 1.165) is 22.6 Å². The molecule has 0 saturated heterocycles. The van der Waals surface area contributed by atoms with Crippen LogP contribution in [-0.4, -0.2) is 0 Å². The zero-order valence-electron chi connectivity index (χ0n) is 24.6. The molecule has 1 nitrogen and oxygen atoms in total. The van der Waals surface area contributed by atoms with Crippen LogP contribution in [0.2, 0.25) is 0 Å². The Kier molecular flexibility index (Phi) is 5.89. The standard InChI is InChI=1S/C44H28O/c1-5-16-37-31(10-1)26-32-11-2-6-17-38(32)43(37)30-22-20-29(21-23-30)41-24-25-42(45-41)35-14-9-15-36(28-35)44-39-18-7-3-12-33(39)27-34-13-4-8-19-40(34)44/h1-28H. The molecule has 0 radical (unpaired) electrons. The molecule has 0 unspecified atom stereocenters. The predicted molar refractivity (Wildman–Crippen MR) is 190 cm³/mol. The normalized spacial score (nSPS) is 11.6. The molecule has 0 saturated carbocycles. The van der Waals surface area contributed by atoms with E-state index in [2.05, 4.69) is 170 Å². The molecule has 8 aromatic carbocycles. The van der Waals surface area contributed by atoms with Crippen molar-refractivity contribution in [1.82, 2.24) is 0 Å². The molecule has 1 aromatic heterocycles. The molecule has 0 aliphatic heterocycles. The molecule has 9 aromatic rings. The lowest BCUT2D eigenvalue weighted by molar-refractivity contribution is 0.597. The lowest BCUT2D eigenvalue weighted by Crippen LogP contribution is -1.86. The van der Waals surface area contributed by atoms with Gasteiger partial charge in [0.15, 0.2) is 0 Å². The van der Waals surface area contributed by atoms with E-state index < -0.39 is 0 Å². The smallest absolute Gasteiger partial charge is 0.134 e. The topological polar surface area (TPSA) is 13.1 Å². The van der Waals surface area contributed by atoms with Crippen molar-refractivity contribution < 1.29 is 4.42 Å². The minimum Gasteiger partial charge on any atom is -0.456 e. The first-order valence-electron chi connectivity index (χ1n) is 15.4. The SMILES string of the molecule is c1cc(-c2ccc(-c3ccc(-c4c5ccccc5cc5ccccc45)cc3)o2)cc(-c2c3ccccc3cc3ccccc23)c1. The number of rotatable bonds is 4. The number of hydrogen-bond acceptors (Lipinski definition) is 1. The van der Waals surface area contributed by atoms with Gasteiger partial charge in [-0.1, -0.05) is 140 Å². The molecule has 0 bridgehead atoms. The zero-order chi connectivity index (χ0) is 29.7. The van der Waals surface area contributed by atoms with E-state index in [9.17, 15) is 0 Å². The molecular weight excluding hydrogens is 544 g/mol. The van der Waals surface area contributed by atoms with Gasteiger partial charge in [-0.15, -0.1) is 0 Å². The highest BCUT2D eigenvalue weighted by Crippen LogP contribution is 2.40. The van der Waals surface area contributed by atoms with E-state index in [1.165, 1.54) is 65.3 Å². The van der Waals surface area contributed by atoms with Gasteiger partial charge >= 0.3 is 0 Å². The molecule has 0 atom stereocenters. The van der Waals surface area contributed by atoms with Crippen molar-refractivity contribution in [3.05, 3.63) is 170 Å². The summed E-state index contributed by atoms with van der Waals surface area (Å²) < 4.78 is 6.51. The van der Waals surface area contributed by atoms with Gasteiger partial charge in [0.1, 0.15) is 11.5 Å². The first-order chi connectivity index (χ1) is 22.3. The lowest BCUT2D eigenvalue weighted by atomic mass is 9.91. The van der Waals surface area contributed by atoms with E-state index in [-0.39, 0.29) is 0 Å². The van der Waals surface area contributed by atoms with Crippen molar-refractivity contribution in [3.8, 4) is 44.9 Å². The molecule has 0 spiro atoms. The van der Waals surface area contributed by atoms with Gasteiger partial charge < -0.3 is 4.42 Å². The predicted octanol–water partition coefficient (Wildman–Crippen LogP) is 12.6. The van der Waals surface area contributed by atoms with Crippen LogP contribution < -0.4 is 0 Å². The number of benzene rings is 8. The minimum atomic E-state index is 0.861. The number of fused-ring (bicyclic) bond motifs is 4. The number of hydrogen-bond donors (Lipinski definition) is 0. The quantitative estimate of drug-likeness (QED) is 0.191. The van der Waals surface area contributed by atoms with Crippen molar-refractivity contribution in [2.45, 2.75) is 0 Å². The van der Waals surface area contributed by atoms with Crippen LogP contribution in [0.3, 0.4) is 0 Å². The minimum absolute atomic E-state index is 0.861. The summed E-state index contributed by atoms with van der Waals surface area (Å²) in [6, 6.07) is 60.8. The molecule has 9 rings (SSSR count). The summed E-state index contributed by atoms with van der Waals surface area (Å²) in [6.45, 7) is 0. The summed E-state index contributed by atoms with van der Waals surface area (Å²) in [7, 11) is 0. The summed E-state index contributed by atoms with van der Waals surface area (Å²) in [4.78, 5) is 0. The molecule has 1 heteroatoms. The van der Waals surface area contributed by atoms with Gasteiger partial charge in [0.2, 0.25) is 0 Å². The van der Waals surface area contributed by atoms with Gasteiger partial charge in [-0.05, 0) is 95.7 Å². The zero-order valence-corrected chi connectivity index (χ0v) is 24.6. The highest BCUT2D eigenvalue weighted by atomic mass is 16.3. The van der Waals surface area contributed by atoms with Gasteiger partial charge in [-0.2, -0.15) is 0 Å². The van der Waals surface area contributed by atoms with Crippen LogP contribution in [0.1, 0.15) is 0 Å². The average Bonchev–Trinajstić information content (AvgIpc) is 3.60. The van der Waals surface area contributed by atoms with Crippen LogP contribution in [0.15, 0.2) is 174 Å². The third-order valence-electron chi connectivity index (χ3n) is 9.04. The van der Waals surface area contributed by atoms with E-state index in [4.69, 9.17) is 4.42 Å². The monoisotopic (exact) mass is 572 g/mol. The van der Waals surface area contributed by atoms with Crippen LogP contribution in [0.5, 0.6) is 0 Å². The highest BCUT2D eigenvalue weighted by molar-refractivity contribution is 6.14. The van der Waals surface area contributed by atoms with Crippen molar-refractivity contribution in [2.75, 3.05) is 0 Å². The van der Waals surface area contributed by atoms with Gasteiger partial charge in [-0.3, -0.25) is 0 Å². The molecule has 0 aliphatic rings. The summed E-state index contributed by atoms with van der Waals surface area (Å²) in [5.41, 5.74) is 7.04. The fourth-order valence-corrected chi connectivity index (χ4v) is 6.93. The summed E-state index contributed by atoms with van der Waals surface area (Å²) in [6.07, 6.45) is 0. The lowest BCUT2D eigenvalue weighted by Gasteiger charge is -2.13. The Morgan fingerprint density at radius 1 is 0.267 bits per heavy atom. The summed E-state index contributed by atoms with van der Waals surface area (Å²) >= 11 is 0. The largest absolute Gasteiger partial charge is 0.456 e. The second kappa shape index (κ2) is 10.4. The summed E-state index contributed by atoms with van der Waals surface area (Å²) in [5, 5.41) is 10.1. The van der Waals surface area contributed by atoms with Crippen LogP contribution in [-0.2, 0) is 0 Å². The molecule has 0 amide bonds. The Labute approximate surface area is 261 Å². The van der Waals surface area contributed by atoms with E-state index in [0.29, 0.717) is 0 Å². The van der Waals surface area contributed by atoms with Crippen molar-refractivity contribution in [3.63, 3.8) is 0 Å². The summed E-state index contributed by atoms with van der Waals surface area (Å²) in [5.74, 6) is 1.72. The van der Waals surface area contributed by atoms with E-state index >= 15 is 0 Å². The molecule has 1 heterocycles. The Balaban J connectivity index is 1.10. The second-order valence-corrected chi connectivity index (χ2v) is 11.7. The Bertz CT molecular complexity index is 2420. The molecule has 0 N–H and O–H groups in total. The number of furan rings is 1. The van der Waals surface area contributed by atoms with Gasteiger partial charge in [0.25, 0.3) is 0 Å². The maximum Gasteiger partial charge on any atom is 0.134 e. The maximum absolute atomic E-state index is 6.51. The molecule has 45 heavy (non-hydrogen) atoms. The van der Waals surface area contributed by atoms with E-state index in [1.807, 2.05) is 0 Å². The maximum atomic E-state index is 6.51. The van der Waals surface area contributed by atoms with Gasteiger partial charge in [-0.25, -0.2) is 0 Å².